The van der Waals surface area contributed by atoms with E-state index in [4.69, 9.17) is 21.1 Å². The summed E-state index contributed by atoms with van der Waals surface area (Å²) in [4.78, 5) is 17.0. The fraction of sp³-hybridized carbons (Fsp3) is 0.250. The molecule has 156 valence electrons. The second-order valence-electron chi connectivity index (χ2n) is 7.26. The number of halogens is 1. The first-order valence-corrected chi connectivity index (χ1v) is 10.1. The number of hydrogen-bond donors (Lipinski definition) is 1. The van der Waals surface area contributed by atoms with Crippen LogP contribution in [0.15, 0.2) is 67.0 Å². The second-order valence-corrected chi connectivity index (χ2v) is 7.69. The van der Waals surface area contributed by atoms with Crippen LogP contribution in [0.5, 0.6) is 11.5 Å². The Morgan fingerprint density at radius 3 is 2.37 bits per heavy atom. The van der Waals surface area contributed by atoms with Crippen LogP contribution < -0.4 is 14.8 Å². The van der Waals surface area contributed by atoms with Gasteiger partial charge in [0.15, 0.2) is 11.5 Å². The van der Waals surface area contributed by atoms with Crippen LogP contribution in [-0.2, 0) is 6.61 Å². The summed E-state index contributed by atoms with van der Waals surface area (Å²) in [7, 11) is 1.57. The van der Waals surface area contributed by atoms with E-state index in [2.05, 4.69) is 24.1 Å². The van der Waals surface area contributed by atoms with Gasteiger partial charge < -0.3 is 14.8 Å². The maximum absolute atomic E-state index is 13.0. The number of nitrogens with one attached hydrogen (secondary N) is 1. The van der Waals surface area contributed by atoms with E-state index < -0.39 is 0 Å². The lowest BCUT2D eigenvalue weighted by molar-refractivity contribution is 0.0925. The Hall–Kier alpha value is -3.05. The molecule has 0 bridgehead atoms. The van der Waals surface area contributed by atoms with Crippen LogP contribution in [0.1, 0.15) is 41.4 Å². The zero-order valence-corrected chi connectivity index (χ0v) is 18.0. The van der Waals surface area contributed by atoms with Crippen LogP contribution in [0.4, 0.5) is 0 Å². The van der Waals surface area contributed by atoms with Crippen LogP contribution >= 0.6 is 11.6 Å². The van der Waals surface area contributed by atoms with Crippen molar-refractivity contribution in [3.63, 3.8) is 0 Å². The molecule has 1 amide bonds. The van der Waals surface area contributed by atoms with Crippen molar-refractivity contribution < 1.29 is 14.3 Å². The molecule has 0 aliphatic carbocycles. The number of carbonyl (C=O) groups excluding carboxylic acids is 1. The first kappa shape index (κ1) is 21.7. The van der Waals surface area contributed by atoms with E-state index in [9.17, 15) is 4.79 Å². The fourth-order valence-corrected chi connectivity index (χ4v) is 3.23. The molecule has 30 heavy (non-hydrogen) atoms. The van der Waals surface area contributed by atoms with Crippen molar-refractivity contribution in [2.24, 2.45) is 5.92 Å². The molecular formula is C24H25ClN2O3. The summed E-state index contributed by atoms with van der Waals surface area (Å²) >= 11 is 6.00. The Labute approximate surface area is 182 Å². The standard InChI is InChI=1S/C24H25ClN2O3/c1-16(2)23(18-4-7-20(25)8-5-18)27-24(28)19-6-9-21(29-3)22(14-19)30-15-17-10-12-26-13-11-17/h4-14,16,23H,15H2,1-3H3,(H,27,28)/t23-/m0/s1. The Morgan fingerprint density at radius 2 is 1.73 bits per heavy atom. The summed E-state index contributed by atoms with van der Waals surface area (Å²) in [5, 5.41) is 3.79. The Bertz CT molecular complexity index is 976. The third-order valence-electron chi connectivity index (χ3n) is 4.75. The summed E-state index contributed by atoms with van der Waals surface area (Å²) in [5.74, 6) is 1.10. The van der Waals surface area contributed by atoms with Gasteiger partial charge in [-0.05, 0) is 59.5 Å². The number of carbonyl (C=O) groups is 1. The van der Waals surface area contributed by atoms with Crippen molar-refractivity contribution in [3.05, 3.63) is 88.7 Å². The minimum atomic E-state index is -0.180. The minimum absolute atomic E-state index is 0.141. The average molecular weight is 425 g/mol. The van der Waals surface area contributed by atoms with Crippen molar-refractivity contribution in [2.45, 2.75) is 26.5 Å². The van der Waals surface area contributed by atoms with Gasteiger partial charge in [-0.3, -0.25) is 9.78 Å². The van der Waals surface area contributed by atoms with Gasteiger partial charge in [0, 0.05) is 23.0 Å². The van der Waals surface area contributed by atoms with Crippen LogP contribution in [0.2, 0.25) is 5.02 Å². The van der Waals surface area contributed by atoms with E-state index in [1.807, 2.05) is 36.4 Å². The van der Waals surface area contributed by atoms with Crippen molar-refractivity contribution in [1.82, 2.24) is 10.3 Å². The number of benzene rings is 2. The zero-order chi connectivity index (χ0) is 21.5. The third-order valence-corrected chi connectivity index (χ3v) is 5.00. The number of amides is 1. The van der Waals surface area contributed by atoms with Gasteiger partial charge in [-0.25, -0.2) is 0 Å². The molecule has 5 nitrogen and oxygen atoms in total. The average Bonchev–Trinajstić information content (AvgIpc) is 2.77. The van der Waals surface area contributed by atoms with Crippen molar-refractivity contribution in [3.8, 4) is 11.5 Å². The van der Waals surface area contributed by atoms with Crippen molar-refractivity contribution >= 4 is 17.5 Å². The normalized spacial score (nSPS) is 11.8. The van der Waals surface area contributed by atoms with E-state index in [0.717, 1.165) is 11.1 Å². The first-order valence-electron chi connectivity index (χ1n) is 9.74. The highest BCUT2D eigenvalue weighted by molar-refractivity contribution is 6.30. The summed E-state index contributed by atoms with van der Waals surface area (Å²) in [6, 6.07) is 16.3. The largest absolute Gasteiger partial charge is 0.493 e. The van der Waals surface area contributed by atoms with Crippen molar-refractivity contribution in [2.75, 3.05) is 7.11 Å². The van der Waals surface area contributed by atoms with Gasteiger partial charge in [0.25, 0.3) is 5.91 Å². The highest BCUT2D eigenvalue weighted by atomic mass is 35.5. The number of methoxy groups -OCH3 is 1. The molecule has 0 saturated heterocycles. The van der Waals surface area contributed by atoms with Gasteiger partial charge >= 0.3 is 0 Å². The third kappa shape index (κ3) is 5.51. The molecule has 1 atom stereocenters. The molecule has 1 heterocycles. The molecule has 0 unspecified atom stereocenters. The molecule has 0 saturated carbocycles. The van der Waals surface area contributed by atoms with Gasteiger partial charge in [0.2, 0.25) is 0 Å². The molecule has 3 aromatic rings. The van der Waals surface area contributed by atoms with Crippen LogP contribution in [-0.4, -0.2) is 18.0 Å². The quantitative estimate of drug-likeness (QED) is 0.522. The van der Waals surface area contributed by atoms with Crippen LogP contribution in [0, 0.1) is 5.92 Å². The predicted molar refractivity (Wildman–Crippen MR) is 118 cm³/mol. The van der Waals surface area contributed by atoms with Crippen LogP contribution in [0.3, 0.4) is 0 Å². The van der Waals surface area contributed by atoms with E-state index in [0.29, 0.717) is 28.7 Å². The monoisotopic (exact) mass is 424 g/mol. The summed E-state index contributed by atoms with van der Waals surface area (Å²) < 4.78 is 11.3. The number of rotatable bonds is 8. The van der Waals surface area contributed by atoms with Gasteiger partial charge in [-0.15, -0.1) is 0 Å². The second kappa shape index (κ2) is 10.1. The number of pyridine rings is 1. The summed E-state index contributed by atoms with van der Waals surface area (Å²) in [6.45, 7) is 4.48. The molecular weight excluding hydrogens is 400 g/mol. The Kier molecular flexibility index (Phi) is 7.31. The molecule has 6 heteroatoms. The lowest BCUT2D eigenvalue weighted by atomic mass is 9.95. The van der Waals surface area contributed by atoms with Gasteiger partial charge in [-0.1, -0.05) is 37.6 Å². The highest BCUT2D eigenvalue weighted by Crippen LogP contribution is 2.30. The molecule has 0 aliphatic heterocycles. The smallest absolute Gasteiger partial charge is 0.251 e. The fourth-order valence-electron chi connectivity index (χ4n) is 3.10. The van der Waals surface area contributed by atoms with E-state index in [1.54, 1.807) is 37.7 Å². The van der Waals surface area contributed by atoms with Crippen molar-refractivity contribution in [1.29, 1.82) is 0 Å². The van der Waals surface area contributed by atoms with Crippen LogP contribution in [0.25, 0.3) is 0 Å². The molecule has 0 radical (unpaired) electrons. The SMILES string of the molecule is COc1ccc(C(=O)N[C@H](c2ccc(Cl)cc2)C(C)C)cc1OCc1ccncc1. The Balaban J connectivity index is 1.78. The predicted octanol–water partition coefficient (Wildman–Crippen LogP) is 5.45. The number of aromatic nitrogens is 1. The number of hydrogen-bond acceptors (Lipinski definition) is 4. The zero-order valence-electron chi connectivity index (χ0n) is 17.3. The molecule has 2 aromatic carbocycles. The van der Waals surface area contributed by atoms with E-state index in [-0.39, 0.29) is 17.9 Å². The maximum atomic E-state index is 13.0. The van der Waals surface area contributed by atoms with Gasteiger partial charge in [0.05, 0.1) is 13.2 Å². The minimum Gasteiger partial charge on any atom is -0.493 e. The topological polar surface area (TPSA) is 60.5 Å². The molecule has 3 rings (SSSR count). The highest BCUT2D eigenvalue weighted by Gasteiger charge is 2.20. The molecule has 0 fully saturated rings. The van der Waals surface area contributed by atoms with E-state index in [1.165, 1.54) is 0 Å². The molecule has 0 spiro atoms. The lowest BCUT2D eigenvalue weighted by Gasteiger charge is -2.23. The lowest BCUT2D eigenvalue weighted by Crippen LogP contribution is -2.31. The number of nitrogens with zero attached hydrogens (tertiary/aromatic N) is 1. The molecule has 1 aromatic heterocycles. The Morgan fingerprint density at radius 1 is 1.03 bits per heavy atom. The van der Waals surface area contributed by atoms with Gasteiger partial charge in [-0.2, -0.15) is 0 Å². The van der Waals surface area contributed by atoms with Gasteiger partial charge in [0.1, 0.15) is 6.61 Å². The summed E-state index contributed by atoms with van der Waals surface area (Å²) in [6.07, 6.45) is 3.42. The maximum Gasteiger partial charge on any atom is 0.251 e. The first-order chi connectivity index (χ1) is 14.5. The molecule has 0 aliphatic rings. The number of ether oxygens (including phenoxy) is 2. The molecule has 1 N–H and O–H groups in total. The van der Waals surface area contributed by atoms with E-state index >= 15 is 0 Å². The summed E-state index contributed by atoms with van der Waals surface area (Å²) in [5.41, 5.74) is 2.48.